The molecule has 2 heterocycles. The van der Waals surface area contributed by atoms with Gasteiger partial charge >= 0.3 is 0 Å². The molecule has 0 unspecified atom stereocenters. The van der Waals surface area contributed by atoms with Gasteiger partial charge in [-0.2, -0.15) is 0 Å². The molecule has 0 aromatic rings. The molecule has 0 bridgehead atoms. The highest BCUT2D eigenvalue weighted by molar-refractivity contribution is 4.98. The number of allylic oxidation sites excluding steroid dienone is 1. The second-order valence-electron chi connectivity index (χ2n) is 25.1. The summed E-state index contributed by atoms with van der Waals surface area (Å²) in [5.74, 6) is 3.60. The molecule has 66 heavy (non-hydrogen) atoms. The summed E-state index contributed by atoms with van der Waals surface area (Å²) in [5, 5.41) is 0. The SMILES string of the molecule is C=C1CCC(CCC(C)(C)C)CC1.CC.CC.CC(C)(C)CCC1CCC2(CC1)OCCO2.CC1CCC(OC(C)C)CC1.CN1CCN(CCC(C)(C)C)CC1.COC1CCC(C)CC1. The zero-order valence-corrected chi connectivity index (χ0v) is 48.6. The number of hydrogen-bond donors (Lipinski definition) is 0. The second kappa shape index (κ2) is 35.6. The van der Waals surface area contributed by atoms with Gasteiger partial charge in [0.15, 0.2) is 5.79 Å². The third kappa shape index (κ3) is 34.7. The number of likely N-dealkylation sites (N-methyl/N-ethyl adjacent to an activating group) is 1. The van der Waals surface area contributed by atoms with Crippen LogP contribution in [0.4, 0.5) is 0 Å². The standard InChI is InChI=1S/C14H26O2.C13H24.C11H24N2.C10H20O.C8H16O.2C2H6/c1-13(2,3)7-4-12-5-8-14(9-6-12)15-10-11-16-14;1-11-5-7-12(8-6-11)9-10-13(2,3)4;1-11(2,3)5-6-13-9-7-12(4)8-10-13;1-8(2)11-10-6-4-9(3)5-7-10;1-7-3-5-8(9-2)6-4-7;2*1-2/h12H,4-11H2,1-3H3;12H,1,5-10H2,2-4H3;5-10H2,1-4H3;8-10H,4-7H2,1-3H3;7-8H,3-6H2,1-2H3;2*1-2H3. The third-order valence-electron chi connectivity index (χ3n) is 14.6. The lowest BCUT2D eigenvalue weighted by molar-refractivity contribution is -0.182. The minimum Gasteiger partial charge on any atom is -0.381 e. The predicted octanol–water partition coefficient (Wildman–Crippen LogP) is 17.2. The van der Waals surface area contributed by atoms with Crippen molar-refractivity contribution in [3.63, 3.8) is 0 Å². The first-order valence-corrected chi connectivity index (χ1v) is 28.5. The van der Waals surface area contributed by atoms with Crippen LogP contribution in [0.15, 0.2) is 12.2 Å². The van der Waals surface area contributed by atoms with Gasteiger partial charge in [0.1, 0.15) is 0 Å². The van der Waals surface area contributed by atoms with E-state index in [2.05, 4.69) is 113 Å². The molecule has 0 aromatic carbocycles. The van der Waals surface area contributed by atoms with Crippen LogP contribution in [0.2, 0.25) is 0 Å². The van der Waals surface area contributed by atoms with Gasteiger partial charge in [-0.3, -0.25) is 0 Å². The largest absolute Gasteiger partial charge is 0.381 e. The molecule has 6 heteroatoms. The fraction of sp³-hybridized carbons (Fsp3) is 0.967. The van der Waals surface area contributed by atoms with Crippen molar-refractivity contribution >= 4 is 0 Å². The van der Waals surface area contributed by atoms with Crippen molar-refractivity contribution in [3.05, 3.63) is 12.2 Å². The van der Waals surface area contributed by atoms with Gasteiger partial charge in [0.05, 0.1) is 31.5 Å². The highest BCUT2D eigenvalue weighted by atomic mass is 16.7. The Kier molecular flexibility index (Phi) is 35.3. The summed E-state index contributed by atoms with van der Waals surface area (Å²) in [4.78, 5) is 5.00. The molecule has 0 radical (unpaired) electrons. The summed E-state index contributed by atoms with van der Waals surface area (Å²) in [6.07, 6.45) is 29.1. The van der Waals surface area contributed by atoms with Crippen molar-refractivity contribution in [2.24, 2.45) is 39.9 Å². The maximum atomic E-state index is 5.75. The molecule has 0 atom stereocenters. The van der Waals surface area contributed by atoms with Crippen LogP contribution in [0.25, 0.3) is 0 Å². The molecule has 6 aliphatic rings. The van der Waals surface area contributed by atoms with Crippen LogP contribution in [0.5, 0.6) is 0 Å². The van der Waals surface area contributed by atoms with Crippen LogP contribution in [0, 0.1) is 39.9 Å². The smallest absolute Gasteiger partial charge is 0.168 e. The Labute approximate surface area is 416 Å². The lowest BCUT2D eigenvalue weighted by Gasteiger charge is -2.36. The molecule has 0 N–H and O–H groups in total. The van der Waals surface area contributed by atoms with E-state index >= 15 is 0 Å². The van der Waals surface area contributed by atoms with Gasteiger partial charge in [-0.1, -0.05) is 116 Å². The molecule has 0 aromatic heterocycles. The van der Waals surface area contributed by atoms with Crippen LogP contribution in [0.1, 0.15) is 253 Å². The molecular weight excluding hydrogens is 813 g/mol. The Morgan fingerprint density at radius 3 is 1.36 bits per heavy atom. The zero-order valence-electron chi connectivity index (χ0n) is 48.6. The van der Waals surface area contributed by atoms with Crippen molar-refractivity contribution in [2.75, 3.05) is 60.1 Å². The lowest BCUT2D eigenvalue weighted by atomic mass is 9.79. The van der Waals surface area contributed by atoms with E-state index in [0.717, 1.165) is 49.7 Å². The summed E-state index contributed by atoms with van der Waals surface area (Å²) in [6, 6.07) is 0. The van der Waals surface area contributed by atoms with Crippen LogP contribution < -0.4 is 0 Å². The summed E-state index contributed by atoms with van der Waals surface area (Å²) >= 11 is 0. The van der Waals surface area contributed by atoms with Crippen molar-refractivity contribution in [3.8, 4) is 0 Å². The Hall–Kier alpha value is -0.500. The first-order valence-electron chi connectivity index (χ1n) is 28.5. The van der Waals surface area contributed by atoms with Gasteiger partial charge in [0.25, 0.3) is 0 Å². The van der Waals surface area contributed by atoms with Crippen LogP contribution >= 0.6 is 0 Å². The van der Waals surface area contributed by atoms with Crippen molar-refractivity contribution in [2.45, 2.75) is 277 Å². The highest BCUT2D eigenvalue weighted by Crippen LogP contribution is 2.41. The fourth-order valence-electron chi connectivity index (χ4n) is 9.62. The minimum absolute atomic E-state index is 0.168. The summed E-state index contributed by atoms with van der Waals surface area (Å²) < 4.78 is 22.5. The van der Waals surface area contributed by atoms with Crippen molar-refractivity contribution < 1.29 is 18.9 Å². The summed E-state index contributed by atoms with van der Waals surface area (Å²) in [6.45, 7) is 49.8. The average Bonchev–Trinajstić information content (AvgIpc) is 3.73. The minimum atomic E-state index is -0.168. The normalized spacial score (nSPS) is 25.5. The van der Waals surface area contributed by atoms with Crippen molar-refractivity contribution in [1.82, 2.24) is 9.80 Å². The number of rotatable bonds is 9. The van der Waals surface area contributed by atoms with E-state index in [1.54, 1.807) is 0 Å². The number of nitrogens with zero attached hydrogens (tertiary/aromatic N) is 2. The van der Waals surface area contributed by atoms with Gasteiger partial charge in [0.2, 0.25) is 0 Å². The van der Waals surface area contributed by atoms with E-state index < -0.39 is 0 Å². The fourth-order valence-corrected chi connectivity index (χ4v) is 9.62. The number of ether oxygens (including phenoxy) is 4. The molecule has 6 nitrogen and oxygen atoms in total. The number of hydrogen-bond acceptors (Lipinski definition) is 6. The molecule has 0 amide bonds. The van der Waals surface area contributed by atoms with E-state index in [-0.39, 0.29) is 5.79 Å². The maximum Gasteiger partial charge on any atom is 0.168 e. The molecular formula is C60H122N2O4. The quantitative estimate of drug-likeness (QED) is 0.215. The lowest BCUT2D eigenvalue weighted by Crippen LogP contribution is -2.45. The summed E-state index contributed by atoms with van der Waals surface area (Å²) in [5.41, 5.74) is 2.97. The zero-order chi connectivity index (χ0) is 50.4. The van der Waals surface area contributed by atoms with E-state index in [4.69, 9.17) is 18.9 Å². The van der Waals surface area contributed by atoms with Gasteiger partial charge < -0.3 is 28.7 Å². The summed E-state index contributed by atoms with van der Waals surface area (Å²) in [7, 11) is 4.03. The molecule has 1 spiro atoms. The Bertz CT molecular complexity index is 1100. The van der Waals surface area contributed by atoms with E-state index in [1.165, 1.54) is 160 Å². The predicted molar refractivity (Wildman–Crippen MR) is 292 cm³/mol. The third-order valence-corrected chi connectivity index (χ3v) is 14.6. The first kappa shape index (κ1) is 65.5. The molecule has 396 valence electrons. The van der Waals surface area contributed by atoms with E-state index in [1.807, 2.05) is 34.8 Å². The van der Waals surface area contributed by atoms with Crippen LogP contribution in [-0.4, -0.2) is 94.0 Å². The van der Waals surface area contributed by atoms with Crippen LogP contribution in [-0.2, 0) is 18.9 Å². The maximum absolute atomic E-state index is 5.75. The molecule has 2 saturated heterocycles. The topological polar surface area (TPSA) is 43.4 Å². The van der Waals surface area contributed by atoms with Crippen molar-refractivity contribution in [1.29, 1.82) is 0 Å². The van der Waals surface area contributed by atoms with Gasteiger partial charge in [-0.05, 0) is 189 Å². The number of piperazine rings is 1. The first-order chi connectivity index (χ1) is 30.9. The highest BCUT2D eigenvalue weighted by Gasteiger charge is 2.40. The molecule has 4 saturated carbocycles. The Balaban J connectivity index is 0.000000793. The van der Waals surface area contributed by atoms with E-state index in [9.17, 15) is 0 Å². The van der Waals surface area contributed by atoms with Gasteiger partial charge in [-0.15, -0.1) is 0 Å². The Morgan fingerprint density at radius 1 is 0.591 bits per heavy atom. The number of methoxy groups -OCH3 is 1. The Morgan fingerprint density at radius 2 is 0.985 bits per heavy atom. The second-order valence-corrected chi connectivity index (χ2v) is 25.1. The monoisotopic (exact) mass is 935 g/mol. The molecule has 2 aliphatic heterocycles. The van der Waals surface area contributed by atoms with Crippen LogP contribution in [0.3, 0.4) is 0 Å². The average molecular weight is 936 g/mol. The molecule has 4 aliphatic carbocycles. The molecule has 6 rings (SSSR count). The van der Waals surface area contributed by atoms with Gasteiger partial charge in [0, 0.05) is 46.1 Å². The van der Waals surface area contributed by atoms with E-state index in [0.29, 0.717) is 34.6 Å². The molecule has 6 fully saturated rings. The van der Waals surface area contributed by atoms with Gasteiger partial charge in [-0.25, -0.2) is 0 Å².